The molecule has 0 aliphatic carbocycles. The van der Waals surface area contributed by atoms with Gasteiger partial charge in [0.2, 0.25) is 0 Å². The van der Waals surface area contributed by atoms with Gasteiger partial charge in [0.25, 0.3) is 10.8 Å². The van der Waals surface area contributed by atoms with Crippen LogP contribution in [0.25, 0.3) is 0 Å². The molecule has 5 heteroatoms. The maximum absolute atomic E-state index is 8.52. The molecule has 0 atom stereocenters. The van der Waals surface area contributed by atoms with Gasteiger partial charge in [-0.15, -0.1) is 0 Å². The van der Waals surface area contributed by atoms with Crippen LogP contribution in [0.5, 0.6) is 0 Å². The van der Waals surface area contributed by atoms with Crippen LogP contribution >= 0.6 is 0 Å². The molecule has 0 bridgehead atoms. The van der Waals surface area contributed by atoms with E-state index in [1.807, 2.05) is 0 Å². The quantitative estimate of drug-likeness (QED) is 0.475. The summed E-state index contributed by atoms with van der Waals surface area (Å²) in [6.07, 6.45) is 0. The van der Waals surface area contributed by atoms with E-state index >= 15 is 0 Å². The summed E-state index contributed by atoms with van der Waals surface area (Å²) in [4.78, 5) is 0. The molecule has 0 amide bonds. The van der Waals surface area contributed by atoms with Gasteiger partial charge in [-0.05, 0) is 0 Å². The summed E-state index contributed by atoms with van der Waals surface area (Å²) in [6, 6.07) is 0. The SMILES string of the molecule is [O-][Cl+2]([O-])O.[Tl]. The Morgan fingerprint density at radius 1 is 1.40 bits per heavy atom. The molecule has 29 valence electrons. The Balaban J connectivity index is 0. The van der Waals surface area contributed by atoms with Crippen LogP contribution in [-0.2, 0) is 0 Å². The van der Waals surface area contributed by atoms with Gasteiger partial charge < -0.3 is 9.32 Å². The summed E-state index contributed by atoms with van der Waals surface area (Å²) in [5.74, 6) is 0. The number of hydrogen-bond donors (Lipinski definition) is 1. The van der Waals surface area contributed by atoms with Gasteiger partial charge in [-0.3, -0.25) is 0 Å². The molecule has 5 heavy (non-hydrogen) atoms. The smallest absolute Gasteiger partial charge is 0.282 e. The van der Waals surface area contributed by atoms with E-state index in [1.165, 1.54) is 0 Å². The molecule has 0 unspecified atom stereocenters. The first-order valence-corrected chi connectivity index (χ1v) is 1.43. The predicted molar refractivity (Wildman–Crippen MR) is 7.97 cm³/mol. The van der Waals surface area contributed by atoms with E-state index in [1.54, 1.807) is 0 Å². The van der Waals surface area contributed by atoms with Crippen molar-refractivity contribution in [2.45, 2.75) is 0 Å². The van der Waals surface area contributed by atoms with Gasteiger partial charge in [-0.1, -0.05) is 0 Å². The Kier molecular flexibility index (Phi) is 9.61. The van der Waals surface area contributed by atoms with E-state index < -0.39 is 10.8 Å². The number of halogens is 1. The van der Waals surface area contributed by atoms with Crippen molar-refractivity contribution >= 4 is 27.3 Å². The van der Waals surface area contributed by atoms with Crippen molar-refractivity contribution in [3.05, 3.63) is 0 Å². The monoisotopic (exact) mass is 289 g/mol. The zero-order chi connectivity index (χ0) is 3.58. The molecule has 3 nitrogen and oxygen atoms in total. The average Bonchev–Trinajstić information content (AvgIpc) is 0.811. The molecule has 0 heterocycles. The summed E-state index contributed by atoms with van der Waals surface area (Å²) >= 11 is 0. The molecule has 0 saturated heterocycles. The second-order valence-corrected chi connectivity index (χ2v) is 0.603. The Hall–Kier alpha value is 1.09. The molecule has 0 aliphatic heterocycles. The third-order valence-electron chi connectivity index (χ3n) is 0. The third kappa shape index (κ3) is 40.8. The maximum atomic E-state index is 8.52. The van der Waals surface area contributed by atoms with Crippen molar-refractivity contribution in [2.75, 3.05) is 0 Å². The van der Waals surface area contributed by atoms with Gasteiger partial charge in [-0.2, -0.15) is 0 Å². The van der Waals surface area contributed by atoms with Gasteiger partial charge in [0.1, 0.15) is 0 Å². The minimum atomic E-state index is -2.60. The minimum Gasteiger partial charge on any atom is -0.321 e. The van der Waals surface area contributed by atoms with Gasteiger partial charge in [0.15, 0.2) is 0 Å². The standard InChI is InChI=1S/ClHO3.Tl/c2-1(3)4;/h2H;. The topological polar surface area (TPSA) is 66.3 Å². The van der Waals surface area contributed by atoms with Gasteiger partial charge in [0.05, 0.1) is 0 Å². The van der Waals surface area contributed by atoms with Crippen molar-refractivity contribution in [2.24, 2.45) is 0 Å². The van der Waals surface area contributed by atoms with Crippen LogP contribution in [0.2, 0.25) is 0 Å². The molecule has 1 N–H and O–H groups in total. The number of hydrogen-bond acceptors (Lipinski definition) is 3. The van der Waals surface area contributed by atoms with Crippen LogP contribution in [0.15, 0.2) is 0 Å². The zero-order valence-electron chi connectivity index (χ0n) is 2.22. The van der Waals surface area contributed by atoms with Crippen LogP contribution < -0.4 is 9.32 Å². The molecule has 0 aromatic carbocycles. The van der Waals surface area contributed by atoms with Gasteiger partial charge in [-0.25, -0.2) is 0 Å². The Labute approximate surface area is 52.2 Å². The normalized spacial score (nSPS) is 7.20. The van der Waals surface area contributed by atoms with E-state index in [0.29, 0.717) is 0 Å². The van der Waals surface area contributed by atoms with Crippen LogP contribution in [0.4, 0.5) is 0 Å². The molecule has 0 saturated carbocycles. The Morgan fingerprint density at radius 3 is 1.40 bits per heavy atom. The largest absolute Gasteiger partial charge is 0.321 e. The van der Waals surface area contributed by atoms with Crippen LogP contribution in [0.1, 0.15) is 0 Å². The summed E-state index contributed by atoms with van der Waals surface area (Å²) < 4.78 is 24.0. The zero-order valence-corrected chi connectivity index (χ0v) is 7.46. The summed E-state index contributed by atoms with van der Waals surface area (Å²) in [7, 11) is -2.60. The summed E-state index contributed by atoms with van der Waals surface area (Å²) in [6.45, 7) is 0. The van der Waals surface area contributed by atoms with E-state index in [-0.39, 0.29) is 27.3 Å². The second kappa shape index (κ2) is 5.09. The first kappa shape index (κ1) is 9.43. The van der Waals surface area contributed by atoms with Gasteiger partial charge >= 0.3 is 0 Å². The van der Waals surface area contributed by atoms with E-state index in [0.717, 1.165) is 0 Å². The van der Waals surface area contributed by atoms with Crippen LogP contribution in [0.3, 0.4) is 0 Å². The molecular formula is HClO3Tl. The minimum absolute atomic E-state index is 0. The van der Waals surface area contributed by atoms with E-state index in [4.69, 9.17) is 14.0 Å². The fraction of sp³-hybridized carbons (Fsp3) is 0. The molecule has 1 radical (unpaired) electrons. The Bertz CT molecular complexity index is 11.6. The molecule has 0 aliphatic rings. The molecule has 0 fully saturated rings. The van der Waals surface area contributed by atoms with Crippen molar-refractivity contribution in [3.63, 3.8) is 0 Å². The molecule has 0 aromatic heterocycles. The van der Waals surface area contributed by atoms with Crippen molar-refractivity contribution in [3.8, 4) is 0 Å². The Morgan fingerprint density at radius 2 is 1.40 bits per heavy atom. The molecule has 0 spiro atoms. The molecule has 0 rings (SSSR count). The maximum Gasteiger partial charge on any atom is 0.282 e. The van der Waals surface area contributed by atoms with Gasteiger partial charge in [0, 0.05) is 32.0 Å². The fourth-order valence-corrected chi connectivity index (χ4v) is 0. The average molecular weight is 289 g/mol. The first-order valence-electron chi connectivity index (χ1n) is 0.478. The van der Waals surface area contributed by atoms with E-state index in [9.17, 15) is 0 Å². The summed E-state index contributed by atoms with van der Waals surface area (Å²) in [5, 5.41) is 0. The third-order valence-corrected chi connectivity index (χ3v) is 0. The first-order chi connectivity index (χ1) is 1.73. The predicted octanol–water partition coefficient (Wildman–Crippen LogP) is -3.32. The van der Waals surface area contributed by atoms with Crippen molar-refractivity contribution in [1.82, 2.24) is 0 Å². The van der Waals surface area contributed by atoms with Crippen molar-refractivity contribution < 1.29 is 24.8 Å². The second-order valence-electron chi connectivity index (χ2n) is 0.201. The van der Waals surface area contributed by atoms with Crippen LogP contribution in [0, 0.1) is 10.8 Å². The van der Waals surface area contributed by atoms with E-state index in [2.05, 4.69) is 0 Å². The molecular weight excluding hydrogens is 288 g/mol. The molecule has 0 aromatic rings. The fourth-order valence-electron chi connectivity index (χ4n) is 0. The number of rotatable bonds is 0. The van der Waals surface area contributed by atoms with Crippen LogP contribution in [-0.4, -0.2) is 32.0 Å². The van der Waals surface area contributed by atoms with Crippen molar-refractivity contribution in [1.29, 1.82) is 0 Å². The summed E-state index contributed by atoms with van der Waals surface area (Å²) in [5.41, 5.74) is 0.